The molecule has 2 atom stereocenters. The maximum absolute atomic E-state index is 13.5. The van der Waals surface area contributed by atoms with Gasteiger partial charge in [-0.25, -0.2) is 4.39 Å². The van der Waals surface area contributed by atoms with E-state index in [1.165, 1.54) is 6.07 Å². The summed E-state index contributed by atoms with van der Waals surface area (Å²) in [5, 5.41) is 12.1. The Morgan fingerprint density at radius 1 is 1.59 bits per heavy atom. The van der Waals surface area contributed by atoms with Crippen LogP contribution in [0.1, 0.15) is 23.6 Å². The van der Waals surface area contributed by atoms with Crippen LogP contribution in [0.5, 0.6) is 0 Å². The van der Waals surface area contributed by atoms with Gasteiger partial charge in [-0.05, 0) is 46.5 Å². The third-order valence-corrected chi connectivity index (χ3v) is 3.99. The van der Waals surface area contributed by atoms with Crippen LogP contribution in [0.2, 0.25) is 0 Å². The van der Waals surface area contributed by atoms with Crippen molar-refractivity contribution in [1.82, 2.24) is 5.32 Å². The minimum Gasteiger partial charge on any atom is -0.481 e. The molecule has 2 N–H and O–H groups in total. The second-order valence-electron chi connectivity index (χ2n) is 4.32. The fourth-order valence-corrected chi connectivity index (χ4v) is 2.96. The van der Waals surface area contributed by atoms with Crippen LogP contribution in [0.15, 0.2) is 16.6 Å². The molecular weight excluding hydrogens is 289 g/mol. The number of aryl methyl sites for hydroxylation is 1. The van der Waals surface area contributed by atoms with Crippen LogP contribution in [-0.4, -0.2) is 17.6 Å². The van der Waals surface area contributed by atoms with Crippen molar-refractivity contribution in [3.8, 4) is 0 Å². The summed E-state index contributed by atoms with van der Waals surface area (Å²) in [7, 11) is 0. The highest BCUT2D eigenvalue weighted by Gasteiger charge is 2.32. The first kappa shape index (κ1) is 12.5. The van der Waals surface area contributed by atoms with Gasteiger partial charge in [0.05, 0.1) is 10.4 Å². The number of carboxylic acids is 1. The van der Waals surface area contributed by atoms with Gasteiger partial charge >= 0.3 is 5.97 Å². The standard InChI is InChI=1S/C12H13BrFNO2/c1-6-2-3-8(14)11(13)10(6)9-4-7(5-15-9)12(16)17/h2-3,7,9,15H,4-5H2,1H3,(H,16,17). The highest BCUT2D eigenvalue weighted by Crippen LogP contribution is 2.35. The molecule has 1 aliphatic heterocycles. The molecule has 0 spiro atoms. The molecule has 0 amide bonds. The van der Waals surface area contributed by atoms with Crippen LogP contribution < -0.4 is 5.32 Å². The van der Waals surface area contributed by atoms with E-state index in [0.29, 0.717) is 17.4 Å². The number of carboxylic acid groups (broad SMARTS) is 1. The second kappa shape index (κ2) is 4.74. The lowest BCUT2D eigenvalue weighted by Gasteiger charge is -2.16. The average Bonchev–Trinajstić information content (AvgIpc) is 2.73. The van der Waals surface area contributed by atoms with Crippen molar-refractivity contribution in [1.29, 1.82) is 0 Å². The highest BCUT2D eigenvalue weighted by atomic mass is 79.9. The predicted molar refractivity (Wildman–Crippen MR) is 65.3 cm³/mol. The molecule has 2 rings (SSSR count). The number of hydrogen-bond donors (Lipinski definition) is 2. The van der Waals surface area contributed by atoms with Crippen LogP contribution in [0.25, 0.3) is 0 Å². The SMILES string of the molecule is Cc1ccc(F)c(Br)c1C1CC(C(=O)O)CN1. The maximum Gasteiger partial charge on any atom is 0.307 e. The Balaban J connectivity index is 2.30. The highest BCUT2D eigenvalue weighted by molar-refractivity contribution is 9.10. The molecule has 0 bridgehead atoms. The van der Waals surface area contributed by atoms with Gasteiger partial charge in [0, 0.05) is 12.6 Å². The summed E-state index contributed by atoms with van der Waals surface area (Å²) in [4.78, 5) is 10.9. The Morgan fingerprint density at radius 2 is 2.29 bits per heavy atom. The number of benzene rings is 1. The molecule has 5 heteroatoms. The van der Waals surface area contributed by atoms with Crippen molar-refractivity contribution in [3.05, 3.63) is 33.5 Å². The molecule has 1 aliphatic rings. The molecule has 1 saturated heterocycles. The number of hydrogen-bond acceptors (Lipinski definition) is 2. The second-order valence-corrected chi connectivity index (χ2v) is 5.12. The first-order valence-electron chi connectivity index (χ1n) is 5.41. The Kier molecular flexibility index (Phi) is 3.49. The fourth-order valence-electron chi connectivity index (χ4n) is 2.23. The lowest BCUT2D eigenvalue weighted by Crippen LogP contribution is -2.18. The van der Waals surface area contributed by atoms with E-state index in [2.05, 4.69) is 21.2 Å². The molecule has 0 radical (unpaired) electrons. The van der Waals surface area contributed by atoms with Crippen molar-refractivity contribution in [2.75, 3.05) is 6.54 Å². The molecule has 1 aromatic rings. The van der Waals surface area contributed by atoms with E-state index >= 15 is 0 Å². The summed E-state index contributed by atoms with van der Waals surface area (Å²) >= 11 is 3.24. The molecule has 0 saturated carbocycles. The normalized spacial score (nSPS) is 23.9. The molecule has 2 unspecified atom stereocenters. The first-order chi connectivity index (χ1) is 8.00. The summed E-state index contributed by atoms with van der Waals surface area (Å²) < 4.78 is 13.9. The molecule has 1 fully saturated rings. The zero-order valence-corrected chi connectivity index (χ0v) is 10.9. The minimum atomic E-state index is -0.801. The van der Waals surface area contributed by atoms with Crippen molar-refractivity contribution in [2.24, 2.45) is 5.92 Å². The molecule has 92 valence electrons. The van der Waals surface area contributed by atoms with Gasteiger partial charge in [-0.15, -0.1) is 0 Å². The van der Waals surface area contributed by atoms with Gasteiger partial charge in [0.15, 0.2) is 0 Å². The van der Waals surface area contributed by atoms with Crippen molar-refractivity contribution in [3.63, 3.8) is 0 Å². The van der Waals surface area contributed by atoms with Crippen LogP contribution >= 0.6 is 15.9 Å². The van der Waals surface area contributed by atoms with Gasteiger partial charge in [0.2, 0.25) is 0 Å². The van der Waals surface area contributed by atoms with Crippen molar-refractivity contribution < 1.29 is 14.3 Å². The smallest absolute Gasteiger partial charge is 0.307 e. The third kappa shape index (κ3) is 2.35. The van der Waals surface area contributed by atoms with Crippen molar-refractivity contribution in [2.45, 2.75) is 19.4 Å². The van der Waals surface area contributed by atoms with Gasteiger partial charge in [0.25, 0.3) is 0 Å². The van der Waals surface area contributed by atoms with E-state index in [4.69, 9.17) is 5.11 Å². The number of nitrogens with one attached hydrogen (secondary N) is 1. The Bertz CT molecular complexity index is 464. The maximum atomic E-state index is 13.5. The average molecular weight is 302 g/mol. The first-order valence-corrected chi connectivity index (χ1v) is 6.20. The van der Waals surface area contributed by atoms with Gasteiger partial charge in [0.1, 0.15) is 5.82 Å². The summed E-state index contributed by atoms with van der Waals surface area (Å²) in [6.45, 7) is 2.33. The minimum absolute atomic E-state index is 0.0961. The molecule has 3 nitrogen and oxygen atoms in total. The van der Waals surface area contributed by atoms with E-state index < -0.39 is 11.9 Å². The van der Waals surface area contributed by atoms with Crippen molar-refractivity contribution >= 4 is 21.9 Å². The summed E-state index contributed by atoms with van der Waals surface area (Å²) in [6.07, 6.45) is 0.498. The predicted octanol–water partition coefficient (Wildman–Crippen LogP) is 2.63. The Labute approximate surface area is 107 Å². The number of carbonyl (C=O) groups is 1. The van der Waals surface area contributed by atoms with E-state index in [-0.39, 0.29) is 11.9 Å². The molecule has 1 aromatic carbocycles. The van der Waals surface area contributed by atoms with E-state index in [9.17, 15) is 9.18 Å². The van der Waals surface area contributed by atoms with Crippen LogP contribution in [-0.2, 0) is 4.79 Å². The molecule has 1 heterocycles. The summed E-state index contributed by atoms with van der Waals surface area (Å²) in [5.74, 6) is -1.51. The molecule has 0 aromatic heterocycles. The van der Waals surface area contributed by atoms with Gasteiger partial charge < -0.3 is 10.4 Å². The van der Waals surface area contributed by atoms with E-state index in [1.807, 2.05) is 6.92 Å². The van der Waals surface area contributed by atoms with Gasteiger partial charge in [-0.2, -0.15) is 0 Å². The third-order valence-electron chi connectivity index (χ3n) is 3.18. The monoisotopic (exact) mass is 301 g/mol. The lowest BCUT2D eigenvalue weighted by atomic mass is 9.96. The van der Waals surface area contributed by atoms with E-state index in [0.717, 1.165) is 11.1 Å². The van der Waals surface area contributed by atoms with Gasteiger partial charge in [-0.3, -0.25) is 4.79 Å². The topological polar surface area (TPSA) is 49.3 Å². The zero-order valence-electron chi connectivity index (χ0n) is 9.34. The lowest BCUT2D eigenvalue weighted by molar-refractivity contribution is -0.141. The zero-order chi connectivity index (χ0) is 12.6. The number of halogens is 2. The summed E-state index contributed by atoms with van der Waals surface area (Å²) in [5.41, 5.74) is 1.79. The van der Waals surface area contributed by atoms with E-state index in [1.54, 1.807) is 6.07 Å². The Morgan fingerprint density at radius 3 is 2.88 bits per heavy atom. The number of aliphatic carboxylic acids is 1. The molecule has 17 heavy (non-hydrogen) atoms. The molecular formula is C12H13BrFNO2. The Hall–Kier alpha value is -0.940. The van der Waals surface area contributed by atoms with Crippen LogP contribution in [0, 0.1) is 18.7 Å². The quantitative estimate of drug-likeness (QED) is 0.883. The number of rotatable bonds is 2. The van der Waals surface area contributed by atoms with Gasteiger partial charge in [-0.1, -0.05) is 6.07 Å². The fraction of sp³-hybridized carbons (Fsp3) is 0.417. The molecule has 0 aliphatic carbocycles. The van der Waals surface area contributed by atoms with Crippen LogP contribution in [0.3, 0.4) is 0 Å². The largest absolute Gasteiger partial charge is 0.481 e. The van der Waals surface area contributed by atoms with Crippen LogP contribution in [0.4, 0.5) is 4.39 Å². The summed E-state index contributed by atoms with van der Waals surface area (Å²) in [6, 6.07) is 3.03.